The van der Waals surface area contributed by atoms with Crippen LogP contribution >= 0.6 is 11.3 Å². The van der Waals surface area contributed by atoms with E-state index in [0.29, 0.717) is 19.4 Å². The Morgan fingerprint density at radius 3 is 2.93 bits per heavy atom. The molecule has 1 aromatic heterocycles. The quantitative estimate of drug-likeness (QED) is 0.610. The SMILES string of the molecule is O=C(CCc1ccc2c(c1)OCO2)N(CC1CCCO1)c1nc2ccccc2s1. The standard InChI is InChI=1S/C22H22N2O4S/c25-21(10-8-15-7-9-18-19(12-15)28-14-27-18)24(13-16-4-3-11-26-16)22-23-17-5-1-2-6-20(17)29-22/h1-2,5-7,9,12,16H,3-4,8,10-11,13-14H2. The molecule has 0 bridgehead atoms. The van der Waals surface area contributed by atoms with E-state index >= 15 is 0 Å². The van der Waals surface area contributed by atoms with Gasteiger partial charge in [0.2, 0.25) is 12.7 Å². The van der Waals surface area contributed by atoms with Crippen molar-refractivity contribution in [3.63, 3.8) is 0 Å². The third-order valence-electron chi connectivity index (χ3n) is 5.29. The molecular formula is C22H22N2O4S. The lowest BCUT2D eigenvalue weighted by Crippen LogP contribution is -2.37. The molecule has 0 radical (unpaired) electrons. The van der Waals surface area contributed by atoms with Gasteiger partial charge in [0.1, 0.15) is 0 Å². The van der Waals surface area contributed by atoms with Crippen molar-refractivity contribution in [1.29, 1.82) is 0 Å². The lowest BCUT2D eigenvalue weighted by atomic mass is 10.1. The predicted molar refractivity (Wildman–Crippen MR) is 112 cm³/mol. The molecule has 0 aliphatic carbocycles. The molecule has 6 nitrogen and oxygen atoms in total. The van der Waals surface area contributed by atoms with Crippen LogP contribution in [0.2, 0.25) is 0 Å². The van der Waals surface area contributed by atoms with Crippen LogP contribution in [0.4, 0.5) is 5.13 Å². The zero-order chi connectivity index (χ0) is 19.6. The van der Waals surface area contributed by atoms with Gasteiger partial charge < -0.3 is 14.2 Å². The number of ether oxygens (including phenoxy) is 3. The molecule has 1 unspecified atom stereocenters. The molecule has 7 heteroatoms. The molecule has 0 N–H and O–H groups in total. The Morgan fingerprint density at radius 2 is 2.07 bits per heavy atom. The molecule has 29 heavy (non-hydrogen) atoms. The number of aromatic nitrogens is 1. The minimum Gasteiger partial charge on any atom is -0.454 e. The molecule has 5 rings (SSSR count). The third-order valence-corrected chi connectivity index (χ3v) is 6.35. The summed E-state index contributed by atoms with van der Waals surface area (Å²) in [4.78, 5) is 19.7. The second-order valence-corrected chi connectivity index (χ2v) is 8.30. The highest BCUT2D eigenvalue weighted by Gasteiger charge is 2.26. The Bertz CT molecular complexity index is 996. The highest BCUT2D eigenvalue weighted by atomic mass is 32.1. The summed E-state index contributed by atoms with van der Waals surface area (Å²) in [5, 5.41) is 0.748. The molecule has 0 spiro atoms. The normalized spacial score (nSPS) is 17.7. The maximum atomic E-state index is 13.2. The van der Waals surface area contributed by atoms with Crippen LogP contribution in [0.25, 0.3) is 10.2 Å². The first-order chi connectivity index (χ1) is 14.3. The van der Waals surface area contributed by atoms with Crippen LogP contribution in [0, 0.1) is 0 Å². The van der Waals surface area contributed by atoms with Crippen molar-refractivity contribution in [3.05, 3.63) is 48.0 Å². The predicted octanol–water partition coefficient (Wildman–Crippen LogP) is 4.17. The van der Waals surface area contributed by atoms with E-state index in [1.807, 2.05) is 47.4 Å². The summed E-state index contributed by atoms with van der Waals surface area (Å²) >= 11 is 1.56. The second kappa shape index (κ2) is 8.00. The van der Waals surface area contributed by atoms with Gasteiger partial charge in [-0.05, 0) is 49.1 Å². The van der Waals surface area contributed by atoms with Gasteiger partial charge in [-0.25, -0.2) is 4.98 Å². The molecule has 1 amide bonds. The number of para-hydroxylation sites is 1. The molecular weight excluding hydrogens is 388 g/mol. The molecule has 2 aliphatic heterocycles. The van der Waals surface area contributed by atoms with Gasteiger partial charge in [0.05, 0.1) is 22.9 Å². The van der Waals surface area contributed by atoms with Crippen molar-refractivity contribution in [2.24, 2.45) is 0 Å². The highest BCUT2D eigenvalue weighted by molar-refractivity contribution is 7.22. The van der Waals surface area contributed by atoms with Crippen LogP contribution in [0.15, 0.2) is 42.5 Å². The Hall–Kier alpha value is -2.64. The van der Waals surface area contributed by atoms with Crippen molar-refractivity contribution < 1.29 is 19.0 Å². The molecule has 2 aromatic carbocycles. The molecule has 2 aliphatic rings. The molecule has 0 saturated carbocycles. The first-order valence-corrected chi connectivity index (χ1v) is 10.7. The van der Waals surface area contributed by atoms with Crippen LogP contribution in [0.1, 0.15) is 24.8 Å². The third kappa shape index (κ3) is 3.93. The van der Waals surface area contributed by atoms with Crippen molar-refractivity contribution in [1.82, 2.24) is 4.98 Å². The maximum Gasteiger partial charge on any atom is 0.231 e. The molecule has 3 heterocycles. The van der Waals surface area contributed by atoms with Gasteiger partial charge >= 0.3 is 0 Å². The number of benzene rings is 2. The number of anilines is 1. The monoisotopic (exact) mass is 410 g/mol. The van der Waals surface area contributed by atoms with Gasteiger partial charge in [-0.2, -0.15) is 0 Å². The molecule has 1 fully saturated rings. The Labute approximate surface area is 173 Å². The zero-order valence-corrected chi connectivity index (χ0v) is 16.8. The summed E-state index contributed by atoms with van der Waals surface area (Å²) in [5.74, 6) is 1.57. The van der Waals surface area contributed by atoms with E-state index < -0.39 is 0 Å². The topological polar surface area (TPSA) is 60.9 Å². The number of thiazole rings is 1. The minimum atomic E-state index is 0.0669. The lowest BCUT2D eigenvalue weighted by Gasteiger charge is -2.23. The van der Waals surface area contributed by atoms with Gasteiger partial charge in [0.25, 0.3) is 0 Å². The molecule has 3 aromatic rings. The molecule has 1 saturated heterocycles. The van der Waals surface area contributed by atoms with Gasteiger partial charge in [-0.15, -0.1) is 0 Å². The zero-order valence-electron chi connectivity index (χ0n) is 16.0. The van der Waals surface area contributed by atoms with Crippen molar-refractivity contribution in [3.8, 4) is 11.5 Å². The minimum absolute atomic E-state index is 0.0669. The average molecular weight is 410 g/mol. The van der Waals surface area contributed by atoms with Crippen molar-refractivity contribution in [2.45, 2.75) is 31.8 Å². The molecule has 1 atom stereocenters. The second-order valence-electron chi connectivity index (χ2n) is 7.29. The van der Waals surface area contributed by atoms with Crippen LogP contribution in [0.5, 0.6) is 11.5 Å². The number of nitrogens with zero attached hydrogens (tertiary/aromatic N) is 2. The van der Waals surface area contributed by atoms with Gasteiger partial charge in [-0.1, -0.05) is 29.5 Å². The van der Waals surface area contributed by atoms with E-state index in [9.17, 15) is 4.79 Å². The van der Waals surface area contributed by atoms with Gasteiger partial charge in [-0.3, -0.25) is 9.69 Å². The van der Waals surface area contributed by atoms with E-state index in [-0.39, 0.29) is 18.8 Å². The number of carbonyl (C=O) groups excluding carboxylic acids is 1. The van der Waals surface area contributed by atoms with Crippen molar-refractivity contribution in [2.75, 3.05) is 24.8 Å². The van der Waals surface area contributed by atoms with Crippen LogP contribution in [-0.4, -0.2) is 36.9 Å². The van der Waals surface area contributed by atoms with Crippen LogP contribution in [-0.2, 0) is 16.0 Å². The van der Waals surface area contributed by atoms with E-state index in [2.05, 4.69) is 0 Å². The van der Waals surface area contributed by atoms with Crippen LogP contribution < -0.4 is 14.4 Å². The summed E-state index contributed by atoms with van der Waals surface area (Å²) < 4.78 is 17.7. The number of hydrogen-bond donors (Lipinski definition) is 0. The number of hydrogen-bond acceptors (Lipinski definition) is 6. The number of amides is 1. The summed E-state index contributed by atoms with van der Waals surface area (Å²) in [7, 11) is 0. The Kier molecular flexibility index (Phi) is 5.08. The summed E-state index contributed by atoms with van der Waals surface area (Å²) in [5.41, 5.74) is 1.98. The number of carbonyl (C=O) groups is 1. The summed E-state index contributed by atoms with van der Waals surface area (Å²) in [6.45, 7) is 1.58. The average Bonchev–Trinajstić information content (AvgIpc) is 3.49. The fraction of sp³-hybridized carbons (Fsp3) is 0.364. The van der Waals surface area contributed by atoms with Crippen LogP contribution in [0.3, 0.4) is 0 Å². The van der Waals surface area contributed by atoms with E-state index in [1.54, 1.807) is 11.3 Å². The van der Waals surface area contributed by atoms with E-state index in [4.69, 9.17) is 19.2 Å². The lowest BCUT2D eigenvalue weighted by molar-refractivity contribution is -0.119. The van der Waals surface area contributed by atoms with E-state index in [1.165, 1.54) is 0 Å². The number of fused-ring (bicyclic) bond motifs is 2. The summed E-state index contributed by atoms with van der Waals surface area (Å²) in [6, 6.07) is 13.8. The highest BCUT2D eigenvalue weighted by Crippen LogP contribution is 2.33. The Balaban J connectivity index is 1.34. The number of aryl methyl sites for hydroxylation is 1. The Morgan fingerprint density at radius 1 is 1.17 bits per heavy atom. The molecule has 150 valence electrons. The number of rotatable bonds is 6. The fourth-order valence-corrected chi connectivity index (χ4v) is 4.73. The fourth-order valence-electron chi connectivity index (χ4n) is 3.74. The van der Waals surface area contributed by atoms with Crippen molar-refractivity contribution >= 4 is 32.6 Å². The van der Waals surface area contributed by atoms with E-state index in [0.717, 1.165) is 51.9 Å². The summed E-state index contributed by atoms with van der Waals surface area (Å²) in [6.07, 6.45) is 3.15. The smallest absolute Gasteiger partial charge is 0.231 e. The first-order valence-electron chi connectivity index (χ1n) is 9.92. The van der Waals surface area contributed by atoms with Gasteiger partial charge in [0.15, 0.2) is 16.6 Å². The first kappa shape index (κ1) is 18.4. The largest absolute Gasteiger partial charge is 0.454 e. The van der Waals surface area contributed by atoms with Gasteiger partial charge in [0, 0.05) is 13.0 Å². The maximum absolute atomic E-state index is 13.2.